The Bertz CT molecular complexity index is 1150. The van der Waals surface area contributed by atoms with Crippen LogP contribution in [0.15, 0.2) is 23.9 Å². The standard InChI is InChI=1S/C34H53N5O2/c1-23(6-11-31(41)39-20-18-38(19-21-39)30-14-17-35-32(36-30)37(4)5)27-9-10-28-26-8-7-24-22-25(40)12-15-33(24,2)29(26)13-16-34(27,28)3/h7,14,17,23,25-29,40H,6,8-13,15-16,18-22H2,1-5H3/t23-,25+,26+,27-,28+,29+,33+,34-/m1/s1. The topological polar surface area (TPSA) is 72.8 Å². The van der Waals surface area contributed by atoms with Gasteiger partial charge in [0, 0.05) is 52.9 Å². The number of aromatic nitrogens is 2. The van der Waals surface area contributed by atoms with Crippen molar-refractivity contribution in [2.24, 2.45) is 40.4 Å². The Morgan fingerprint density at radius 2 is 1.88 bits per heavy atom. The van der Waals surface area contributed by atoms with E-state index in [-0.39, 0.29) is 6.10 Å². The molecule has 0 radical (unpaired) electrons. The molecule has 7 heteroatoms. The Hall–Kier alpha value is -2.15. The number of hydrogen-bond donors (Lipinski definition) is 1. The average molecular weight is 564 g/mol. The molecule has 1 aromatic rings. The predicted octanol–water partition coefficient (Wildman–Crippen LogP) is 5.55. The molecule has 226 valence electrons. The molecule has 0 spiro atoms. The molecule has 0 aromatic carbocycles. The van der Waals surface area contributed by atoms with E-state index >= 15 is 0 Å². The fourth-order valence-electron chi connectivity index (χ4n) is 10.2. The molecular weight excluding hydrogens is 510 g/mol. The number of amides is 1. The van der Waals surface area contributed by atoms with Crippen molar-refractivity contribution in [3.8, 4) is 0 Å². The van der Waals surface area contributed by atoms with Crippen LogP contribution in [0.1, 0.15) is 85.0 Å². The van der Waals surface area contributed by atoms with E-state index in [1.54, 1.807) is 5.57 Å². The lowest BCUT2D eigenvalue weighted by Gasteiger charge is -2.58. The van der Waals surface area contributed by atoms with Gasteiger partial charge in [0.15, 0.2) is 0 Å². The largest absolute Gasteiger partial charge is 0.393 e. The molecular formula is C34H53N5O2. The normalized spacial score (nSPS) is 37.5. The Balaban J connectivity index is 1.03. The number of allylic oxidation sites excluding steroid dienone is 1. The van der Waals surface area contributed by atoms with Crippen molar-refractivity contribution < 1.29 is 9.90 Å². The lowest BCUT2D eigenvalue weighted by atomic mass is 9.47. The summed E-state index contributed by atoms with van der Waals surface area (Å²) in [6.07, 6.45) is 15.6. The highest BCUT2D eigenvalue weighted by molar-refractivity contribution is 5.76. The van der Waals surface area contributed by atoms with E-state index in [4.69, 9.17) is 0 Å². The highest BCUT2D eigenvalue weighted by atomic mass is 16.3. The monoisotopic (exact) mass is 563 g/mol. The van der Waals surface area contributed by atoms with Crippen molar-refractivity contribution in [1.82, 2.24) is 14.9 Å². The van der Waals surface area contributed by atoms with Gasteiger partial charge in [0.05, 0.1) is 6.10 Å². The van der Waals surface area contributed by atoms with E-state index in [0.717, 1.165) is 87.3 Å². The number of piperazine rings is 1. The molecule has 1 saturated heterocycles. The number of anilines is 2. The van der Waals surface area contributed by atoms with Gasteiger partial charge in [-0.25, -0.2) is 4.98 Å². The Kier molecular flexibility index (Phi) is 7.88. The van der Waals surface area contributed by atoms with Gasteiger partial charge >= 0.3 is 0 Å². The van der Waals surface area contributed by atoms with Crippen LogP contribution in [-0.2, 0) is 4.79 Å². The van der Waals surface area contributed by atoms with E-state index in [1.807, 2.05) is 31.3 Å². The SMILES string of the molecule is C[C@H](CCC(=O)N1CCN(c2ccnc(N(C)C)n2)CC1)[C@H]1CC[C@H]2[C@@H]3CC=C4C[C@@H](O)CC[C@]4(C)[C@H]3CC[C@]12C. The van der Waals surface area contributed by atoms with E-state index in [2.05, 4.69) is 46.6 Å². The smallest absolute Gasteiger partial charge is 0.226 e. The summed E-state index contributed by atoms with van der Waals surface area (Å²) in [7, 11) is 3.92. The minimum atomic E-state index is -0.127. The summed E-state index contributed by atoms with van der Waals surface area (Å²) < 4.78 is 0. The van der Waals surface area contributed by atoms with Crippen LogP contribution in [-0.4, -0.2) is 72.3 Å². The van der Waals surface area contributed by atoms with E-state index in [9.17, 15) is 9.90 Å². The summed E-state index contributed by atoms with van der Waals surface area (Å²) in [4.78, 5) is 28.6. The number of carbonyl (C=O) groups is 1. The van der Waals surface area contributed by atoms with Gasteiger partial charge in [-0.1, -0.05) is 32.4 Å². The summed E-state index contributed by atoms with van der Waals surface area (Å²) >= 11 is 0. The number of rotatable bonds is 6. The van der Waals surface area contributed by atoms with Crippen LogP contribution in [0.25, 0.3) is 0 Å². The lowest BCUT2D eigenvalue weighted by molar-refractivity contribution is -0.132. The minimum Gasteiger partial charge on any atom is -0.393 e. The van der Waals surface area contributed by atoms with E-state index in [0.29, 0.717) is 29.1 Å². The molecule has 41 heavy (non-hydrogen) atoms. The number of nitrogens with zero attached hydrogens (tertiary/aromatic N) is 5. The fourth-order valence-corrected chi connectivity index (χ4v) is 10.2. The van der Waals surface area contributed by atoms with Crippen LogP contribution in [0.3, 0.4) is 0 Å². The van der Waals surface area contributed by atoms with Gasteiger partial charge < -0.3 is 19.8 Å². The molecule has 4 fully saturated rings. The first kappa shape index (κ1) is 28.9. The lowest BCUT2D eigenvalue weighted by Crippen LogP contribution is -2.51. The number of fused-ring (bicyclic) bond motifs is 5. The van der Waals surface area contributed by atoms with Crippen LogP contribution in [0.5, 0.6) is 0 Å². The van der Waals surface area contributed by atoms with Gasteiger partial charge in [-0.3, -0.25) is 4.79 Å². The Morgan fingerprint density at radius 3 is 2.63 bits per heavy atom. The highest BCUT2D eigenvalue weighted by Gasteiger charge is 2.59. The van der Waals surface area contributed by atoms with Gasteiger partial charge in [0.25, 0.3) is 0 Å². The second-order valence-corrected chi connectivity index (χ2v) is 14.9. The molecule has 1 aliphatic heterocycles. The molecule has 1 N–H and O–H groups in total. The third kappa shape index (κ3) is 5.19. The van der Waals surface area contributed by atoms with Crippen LogP contribution in [0.2, 0.25) is 0 Å². The molecule has 8 atom stereocenters. The van der Waals surface area contributed by atoms with E-state index < -0.39 is 0 Å². The highest BCUT2D eigenvalue weighted by Crippen LogP contribution is 2.67. The maximum Gasteiger partial charge on any atom is 0.226 e. The quantitative estimate of drug-likeness (QED) is 0.458. The van der Waals surface area contributed by atoms with Crippen LogP contribution >= 0.6 is 0 Å². The van der Waals surface area contributed by atoms with Crippen molar-refractivity contribution in [3.05, 3.63) is 23.9 Å². The molecule has 1 aromatic heterocycles. The van der Waals surface area contributed by atoms with Crippen LogP contribution in [0.4, 0.5) is 11.8 Å². The molecule has 2 heterocycles. The summed E-state index contributed by atoms with van der Waals surface area (Å²) in [5, 5.41) is 10.3. The van der Waals surface area contributed by atoms with Crippen molar-refractivity contribution in [2.75, 3.05) is 50.1 Å². The summed E-state index contributed by atoms with van der Waals surface area (Å²) in [5.74, 6) is 5.72. The number of aliphatic hydroxyl groups is 1. The first-order valence-corrected chi connectivity index (χ1v) is 16.5. The Labute approximate surface area is 247 Å². The molecule has 5 aliphatic rings. The zero-order chi connectivity index (χ0) is 28.9. The van der Waals surface area contributed by atoms with Crippen molar-refractivity contribution >= 4 is 17.7 Å². The first-order valence-electron chi connectivity index (χ1n) is 16.5. The maximum atomic E-state index is 13.3. The zero-order valence-electron chi connectivity index (χ0n) is 26.2. The van der Waals surface area contributed by atoms with Crippen LogP contribution in [0, 0.1) is 40.4 Å². The third-order valence-electron chi connectivity index (χ3n) is 12.6. The van der Waals surface area contributed by atoms with Gasteiger partial charge in [-0.05, 0) is 104 Å². The van der Waals surface area contributed by atoms with E-state index in [1.165, 1.54) is 32.1 Å². The Morgan fingerprint density at radius 1 is 1.10 bits per heavy atom. The molecule has 4 aliphatic carbocycles. The van der Waals surface area contributed by atoms with Crippen LogP contribution < -0.4 is 9.80 Å². The summed E-state index contributed by atoms with van der Waals surface area (Å²) in [6.45, 7) is 10.8. The molecule has 6 rings (SSSR count). The van der Waals surface area contributed by atoms with Gasteiger partial charge in [-0.15, -0.1) is 0 Å². The van der Waals surface area contributed by atoms with Gasteiger partial charge in [0.2, 0.25) is 11.9 Å². The average Bonchev–Trinajstić information content (AvgIpc) is 3.33. The summed E-state index contributed by atoms with van der Waals surface area (Å²) in [5.41, 5.74) is 2.29. The maximum absolute atomic E-state index is 13.3. The molecule has 0 unspecified atom stereocenters. The minimum absolute atomic E-state index is 0.127. The van der Waals surface area contributed by atoms with Crippen molar-refractivity contribution in [3.63, 3.8) is 0 Å². The molecule has 7 nitrogen and oxygen atoms in total. The third-order valence-corrected chi connectivity index (χ3v) is 12.6. The number of aliphatic hydroxyl groups excluding tert-OH is 1. The number of carbonyl (C=O) groups excluding carboxylic acids is 1. The summed E-state index contributed by atoms with van der Waals surface area (Å²) in [6, 6.07) is 1.97. The second-order valence-electron chi connectivity index (χ2n) is 14.9. The van der Waals surface area contributed by atoms with Gasteiger partial charge in [-0.2, -0.15) is 4.98 Å². The first-order chi connectivity index (χ1) is 19.6. The van der Waals surface area contributed by atoms with Crippen molar-refractivity contribution in [2.45, 2.75) is 91.1 Å². The zero-order valence-corrected chi connectivity index (χ0v) is 26.2. The fraction of sp³-hybridized carbons (Fsp3) is 0.794. The molecule has 3 saturated carbocycles. The van der Waals surface area contributed by atoms with Crippen molar-refractivity contribution in [1.29, 1.82) is 0 Å². The number of hydrogen-bond acceptors (Lipinski definition) is 6. The van der Waals surface area contributed by atoms with Gasteiger partial charge in [0.1, 0.15) is 5.82 Å². The second kappa shape index (κ2) is 11.2. The predicted molar refractivity (Wildman–Crippen MR) is 165 cm³/mol. The molecule has 0 bridgehead atoms. The molecule has 1 amide bonds.